The van der Waals surface area contributed by atoms with Crippen molar-refractivity contribution in [2.45, 2.75) is 6.42 Å². The summed E-state index contributed by atoms with van der Waals surface area (Å²) in [5.41, 5.74) is 0. The standard InChI is InChI=1S/C9H15ClN4/c1-14(2)5-3-4-12-9-7-11-6-8(10)13-9/h6-7H,3-5H2,1-2H3,(H,12,13). The third-order valence-electron chi connectivity index (χ3n) is 1.69. The van der Waals surface area contributed by atoms with Crippen LogP contribution in [0.4, 0.5) is 5.82 Å². The molecule has 0 atom stereocenters. The molecule has 0 fully saturated rings. The molecule has 0 radical (unpaired) electrons. The van der Waals surface area contributed by atoms with Gasteiger partial charge in [0.2, 0.25) is 0 Å². The molecule has 78 valence electrons. The molecule has 0 saturated carbocycles. The summed E-state index contributed by atoms with van der Waals surface area (Å²) in [5, 5.41) is 3.58. The number of anilines is 1. The molecule has 14 heavy (non-hydrogen) atoms. The van der Waals surface area contributed by atoms with Crippen LogP contribution in [0.2, 0.25) is 5.15 Å². The topological polar surface area (TPSA) is 41.0 Å². The minimum atomic E-state index is 0.419. The highest BCUT2D eigenvalue weighted by molar-refractivity contribution is 6.29. The van der Waals surface area contributed by atoms with Crippen LogP contribution in [0, 0.1) is 0 Å². The molecule has 0 saturated heterocycles. The molecule has 0 amide bonds. The van der Waals surface area contributed by atoms with Crippen molar-refractivity contribution in [2.75, 3.05) is 32.5 Å². The van der Waals surface area contributed by atoms with Gasteiger partial charge in [0.25, 0.3) is 0 Å². The minimum absolute atomic E-state index is 0.419. The summed E-state index contributed by atoms with van der Waals surface area (Å²) < 4.78 is 0. The van der Waals surface area contributed by atoms with Gasteiger partial charge in [-0.05, 0) is 27.1 Å². The Morgan fingerprint density at radius 2 is 2.21 bits per heavy atom. The second-order valence-electron chi connectivity index (χ2n) is 3.31. The number of rotatable bonds is 5. The van der Waals surface area contributed by atoms with E-state index in [2.05, 4.69) is 34.3 Å². The van der Waals surface area contributed by atoms with E-state index in [1.165, 1.54) is 6.20 Å². The van der Waals surface area contributed by atoms with Crippen molar-refractivity contribution in [1.29, 1.82) is 0 Å². The van der Waals surface area contributed by atoms with E-state index in [0.29, 0.717) is 5.15 Å². The maximum Gasteiger partial charge on any atom is 0.149 e. The van der Waals surface area contributed by atoms with Crippen LogP contribution in [0.25, 0.3) is 0 Å². The lowest BCUT2D eigenvalue weighted by atomic mass is 10.4. The molecule has 1 heterocycles. The molecule has 1 N–H and O–H groups in total. The fourth-order valence-electron chi connectivity index (χ4n) is 1.04. The number of aromatic nitrogens is 2. The van der Waals surface area contributed by atoms with Crippen molar-refractivity contribution in [1.82, 2.24) is 14.9 Å². The summed E-state index contributed by atoms with van der Waals surface area (Å²) in [5.74, 6) is 0.733. The van der Waals surface area contributed by atoms with Crippen molar-refractivity contribution in [3.05, 3.63) is 17.5 Å². The van der Waals surface area contributed by atoms with Crippen molar-refractivity contribution >= 4 is 17.4 Å². The molecule has 5 heteroatoms. The van der Waals surface area contributed by atoms with Gasteiger partial charge in [-0.2, -0.15) is 0 Å². The average molecular weight is 215 g/mol. The fraction of sp³-hybridized carbons (Fsp3) is 0.556. The van der Waals surface area contributed by atoms with Crippen LogP contribution in [0.5, 0.6) is 0 Å². The van der Waals surface area contributed by atoms with Crippen molar-refractivity contribution < 1.29 is 0 Å². The maximum absolute atomic E-state index is 5.69. The van der Waals surface area contributed by atoms with Gasteiger partial charge in [0.1, 0.15) is 11.0 Å². The molecule has 4 nitrogen and oxygen atoms in total. The first-order chi connectivity index (χ1) is 6.68. The van der Waals surface area contributed by atoms with Crippen molar-refractivity contribution in [3.63, 3.8) is 0 Å². The molecule has 0 unspecified atom stereocenters. The van der Waals surface area contributed by atoms with Crippen LogP contribution in [0.3, 0.4) is 0 Å². The van der Waals surface area contributed by atoms with Crippen LogP contribution < -0.4 is 5.32 Å². The summed E-state index contributed by atoms with van der Waals surface area (Å²) >= 11 is 5.69. The number of nitrogens with zero attached hydrogens (tertiary/aromatic N) is 3. The van der Waals surface area contributed by atoms with Gasteiger partial charge in [-0.3, -0.25) is 4.98 Å². The highest BCUT2D eigenvalue weighted by Crippen LogP contribution is 2.06. The van der Waals surface area contributed by atoms with Gasteiger partial charge in [0, 0.05) is 6.54 Å². The molecule has 1 aromatic rings. The highest BCUT2D eigenvalue weighted by atomic mass is 35.5. The van der Waals surface area contributed by atoms with Crippen molar-refractivity contribution in [3.8, 4) is 0 Å². The fourth-order valence-corrected chi connectivity index (χ4v) is 1.19. The van der Waals surface area contributed by atoms with E-state index < -0.39 is 0 Å². The average Bonchev–Trinajstić information content (AvgIpc) is 2.12. The lowest BCUT2D eigenvalue weighted by Gasteiger charge is -2.09. The predicted octanol–water partition coefficient (Wildman–Crippen LogP) is 1.49. The molecular formula is C9H15ClN4. The first-order valence-electron chi connectivity index (χ1n) is 4.54. The van der Waals surface area contributed by atoms with E-state index in [0.717, 1.165) is 25.3 Å². The Bertz CT molecular complexity index is 277. The maximum atomic E-state index is 5.69. The van der Waals surface area contributed by atoms with E-state index in [1.807, 2.05) is 0 Å². The summed E-state index contributed by atoms with van der Waals surface area (Å²) in [4.78, 5) is 10.1. The summed E-state index contributed by atoms with van der Waals surface area (Å²) in [7, 11) is 4.11. The van der Waals surface area contributed by atoms with Crippen LogP contribution in [-0.4, -0.2) is 42.1 Å². The van der Waals surface area contributed by atoms with E-state index in [4.69, 9.17) is 11.6 Å². The van der Waals surface area contributed by atoms with Gasteiger partial charge >= 0.3 is 0 Å². The van der Waals surface area contributed by atoms with Gasteiger partial charge in [-0.15, -0.1) is 0 Å². The van der Waals surface area contributed by atoms with E-state index >= 15 is 0 Å². The quantitative estimate of drug-likeness (QED) is 0.755. The van der Waals surface area contributed by atoms with Crippen LogP contribution in [0.15, 0.2) is 12.4 Å². The Hall–Kier alpha value is -0.870. The molecular weight excluding hydrogens is 200 g/mol. The molecule has 0 aromatic carbocycles. The zero-order valence-electron chi connectivity index (χ0n) is 8.50. The zero-order chi connectivity index (χ0) is 10.4. The first kappa shape index (κ1) is 11.2. The van der Waals surface area contributed by atoms with E-state index in [9.17, 15) is 0 Å². The van der Waals surface area contributed by atoms with Gasteiger partial charge in [0.15, 0.2) is 0 Å². The summed E-state index contributed by atoms with van der Waals surface area (Å²) in [6, 6.07) is 0. The molecule has 0 aliphatic heterocycles. The number of halogens is 1. The lowest BCUT2D eigenvalue weighted by Crippen LogP contribution is -2.16. The van der Waals surface area contributed by atoms with Gasteiger partial charge in [-0.25, -0.2) is 4.98 Å². The smallest absolute Gasteiger partial charge is 0.149 e. The molecule has 0 bridgehead atoms. The Balaban J connectivity index is 2.25. The monoisotopic (exact) mass is 214 g/mol. The third kappa shape index (κ3) is 4.39. The van der Waals surface area contributed by atoms with E-state index in [1.54, 1.807) is 6.20 Å². The van der Waals surface area contributed by atoms with Gasteiger partial charge < -0.3 is 10.2 Å². The number of nitrogens with one attached hydrogen (secondary N) is 1. The molecule has 0 spiro atoms. The predicted molar refractivity (Wildman–Crippen MR) is 58.7 cm³/mol. The number of hydrogen-bond donors (Lipinski definition) is 1. The lowest BCUT2D eigenvalue weighted by molar-refractivity contribution is 0.405. The molecule has 0 aliphatic carbocycles. The summed E-state index contributed by atoms with van der Waals surface area (Å²) in [6.07, 6.45) is 4.26. The second-order valence-corrected chi connectivity index (χ2v) is 3.70. The second kappa shape index (κ2) is 5.78. The first-order valence-corrected chi connectivity index (χ1v) is 4.92. The zero-order valence-corrected chi connectivity index (χ0v) is 9.25. The highest BCUT2D eigenvalue weighted by Gasteiger charge is 1.95. The van der Waals surface area contributed by atoms with Crippen LogP contribution in [-0.2, 0) is 0 Å². The Kier molecular flexibility index (Phi) is 4.62. The normalized spacial score (nSPS) is 10.6. The Labute approximate surface area is 89.3 Å². The molecule has 1 rings (SSSR count). The van der Waals surface area contributed by atoms with Gasteiger partial charge in [-0.1, -0.05) is 11.6 Å². The van der Waals surface area contributed by atoms with Crippen LogP contribution in [0.1, 0.15) is 6.42 Å². The summed E-state index contributed by atoms with van der Waals surface area (Å²) in [6.45, 7) is 1.94. The SMILES string of the molecule is CN(C)CCCNc1cncc(Cl)n1. The third-order valence-corrected chi connectivity index (χ3v) is 1.88. The van der Waals surface area contributed by atoms with Crippen LogP contribution >= 0.6 is 11.6 Å². The van der Waals surface area contributed by atoms with E-state index in [-0.39, 0.29) is 0 Å². The minimum Gasteiger partial charge on any atom is -0.369 e. The molecule has 0 aliphatic rings. The number of hydrogen-bond acceptors (Lipinski definition) is 4. The Morgan fingerprint density at radius 3 is 2.86 bits per heavy atom. The molecule has 1 aromatic heterocycles. The van der Waals surface area contributed by atoms with Crippen molar-refractivity contribution in [2.24, 2.45) is 0 Å². The Morgan fingerprint density at radius 1 is 1.43 bits per heavy atom. The van der Waals surface area contributed by atoms with Gasteiger partial charge in [0.05, 0.1) is 12.4 Å². The largest absolute Gasteiger partial charge is 0.369 e.